The smallest absolute Gasteiger partial charge is 0.407 e. The van der Waals surface area contributed by atoms with Gasteiger partial charge in [-0.1, -0.05) is 55.5 Å². The van der Waals surface area contributed by atoms with E-state index in [0.29, 0.717) is 6.42 Å². The number of carbonyl (C=O) groups is 3. The van der Waals surface area contributed by atoms with E-state index in [-0.39, 0.29) is 38.6 Å². The summed E-state index contributed by atoms with van der Waals surface area (Å²) in [7, 11) is 0. The largest absolute Gasteiger partial charge is 0.480 e. The topological polar surface area (TPSA) is 114 Å². The van der Waals surface area contributed by atoms with Gasteiger partial charge in [0.25, 0.3) is 0 Å². The lowest BCUT2D eigenvalue weighted by Crippen LogP contribution is -2.61. The summed E-state index contributed by atoms with van der Waals surface area (Å²) in [5, 5.41) is 14.9. The molecule has 8 heteroatoms. The number of rotatable bonds is 7. The first kappa shape index (κ1) is 22.8. The van der Waals surface area contributed by atoms with Gasteiger partial charge >= 0.3 is 12.1 Å². The van der Waals surface area contributed by atoms with Crippen LogP contribution in [0.5, 0.6) is 0 Å². The van der Waals surface area contributed by atoms with E-state index in [1.54, 1.807) is 6.92 Å². The summed E-state index contributed by atoms with van der Waals surface area (Å²) in [6.45, 7) is 2.38. The standard InChI is InChI=1S/C25H28N2O6/c1-2-21(22(28)27-25(23(29)30)11-13-32-14-12-25)26-24(31)33-15-20-18-9-5-3-7-16(18)17-8-4-6-10-19(17)20/h3-10,20-21H,2,11-15H2,1H3,(H,26,31)(H,27,28)(H,29,30). The van der Waals surface area contributed by atoms with Crippen LogP contribution in [0.25, 0.3) is 11.1 Å². The number of carboxylic acid groups (broad SMARTS) is 1. The van der Waals surface area contributed by atoms with Crippen LogP contribution in [0.2, 0.25) is 0 Å². The van der Waals surface area contributed by atoms with Crippen molar-refractivity contribution in [2.45, 2.75) is 43.7 Å². The molecule has 0 saturated carbocycles. The third-order valence-corrected chi connectivity index (χ3v) is 6.48. The summed E-state index contributed by atoms with van der Waals surface area (Å²) in [6.07, 6.45) is -0.0668. The van der Waals surface area contributed by atoms with E-state index in [4.69, 9.17) is 9.47 Å². The zero-order chi connectivity index (χ0) is 23.4. The van der Waals surface area contributed by atoms with Crippen molar-refractivity contribution in [3.63, 3.8) is 0 Å². The number of aliphatic carboxylic acids is 1. The number of fused-ring (bicyclic) bond motifs is 3. The van der Waals surface area contributed by atoms with Crippen molar-refractivity contribution in [1.29, 1.82) is 0 Å². The predicted octanol–water partition coefficient (Wildman–Crippen LogP) is 3.05. The van der Waals surface area contributed by atoms with Crippen molar-refractivity contribution in [2.75, 3.05) is 19.8 Å². The Kier molecular flexibility index (Phi) is 6.65. The number of carboxylic acids is 1. The molecule has 1 fully saturated rings. The molecule has 0 bridgehead atoms. The Morgan fingerprint density at radius 2 is 1.64 bits per heavy atom. The monoisotopic (exact) mass is 452 g/mol. The minimum atomic E-state index is -1.38. The van der Waals surface area contributed by atoms with E-state index in [0.717, 1.165) is 22.3 Å². The molecule has 3 N–H and O–H groups in total. The maximum Gasteiger partial charge on any atom is 0.407 e. The molecule has 0 spiro atoms. The molecule has 33 heavy (non-hydrogen) atoms. The third kappa shape index (κ3) is 4.57. The van der Waals surface area contributed by atoms with Gasteiger partial charge in [-0.3, -0.25) is 4.79 Å². The lowest BCUT2D eigenvalue weighted by atomic mass is 9.89. The summed E-state index contributed by atoms with van der Waals surface area (Å²) in [6, 6.07) is 15.2. The molecular formula is C25H28N2O6. The van der Waals surface area contributed by atoms with Gasteiger partial charge in [0.2, 0.25) is 5.91 Å². The number of benzene rings is 2. The zero-order valence-electron chi connectivity index (χ0n) is 18.5. The van der Waals surface area contributed by atoms with Crippen molar-refractivity contribution >= 4 is 18.0 Å². The fourth-order valence-corrected chi connectivity index (χ4v) is 4.57. The van der Waals surface area contributed by atoms with E-state index >= 15 is 0 Å². The Morgan fingerprint density at radius 1 is 1.06 bits per heavy atom. The molecule has 2 aromatic carbocycles. The Morgan fingerprint density at radius 3 is 2.18 bits per heavy atom. The molecule has 2 aromatic rings. The number of carbonyl (C=O) groups excluding carboxylic acids is 2. The van der Waals surface area contributed by atoms with Gasteiger partial charge in [0.05, 0.1) is 0 Å². The average Bonchev–Trinajstić information content (AvgIpc) is 3.15. The molecular weight excluding hydrogens is 424 g/mol. The van der Waals surface area contributed by atoms with Crippen molar-refractivity contribution < 1.29 is 29.0 Å². The van der Waals surface area contributed by atoms with Gasteiger partial charge < -0.3 is 25.2 Å². The fraction of sp³-hybridized carbons (Fsp3) is 0.400. The summed E-state index contributed by atoms with van der Waals surface area (Å²) >= 11 is 0. The summed E-state index contributed by atoms with van der Waals surface area (Å²) in [4.78, 5) is 37.2. The molecule has 1 saturated heterocycles. The Bertz CT molecular complexity index is 1000. The molecule has 174 valence electrons. The van der Waals surface area contributed by atoms with Crippen LogP contribution in [-0.4, -0.2) is 54.5 Å². The summed E-state index contributed by atoms with van der Waals surface area (Å²) in [5.41, 5.74) is 3.07. The zero-order valence-corrected chi connectivity index (χ0v) is 18.5. The number of amides is 2. The Labute approximate surface area is 192 Å². The number of hydrogen-bond acceptors (Lipinski definition) is 5. The van der Waals surface area contributed by atoms with E-state index in [2.05, 4.69) is 22.8 Å². The summed E-state index contributed by atoms with van der Waals surface area (Å²) < 4.78 is 10.8. The second kappa shape index (κ2) is 9.62. The predicted molar refractivity (Wildman–Crippen MR) is 121 cm³/mol. The Balaban J connectivity index is 1.39. The maximum atomic E-state index is 12.8. The molecule has 8 nitrogen and oxygen atoms in total. The van der Waals surface area contributed by atoms with Crippen LogP contribution in [0, 0.1) is 0 Å². The highest BCUT2D eigenvalue weighted by molar-refractivity contribution is 5.91. The minimum Gasteiger partial charge on any atom is -0.480 e. The quantitative estimate of drug-likeness (QED) is 0.595. The molecule has 1 aliphatic heterocycles. The van der Waals surface area contributed by atoms with Gasteiger partial charge in [-0.25, -0.2) is 9.59 Å². The molecule has 4 rings (SSSR count). The maximum absolute atomic E-state index is 12.8. The second-order valence-electron chi connectivity index (χ2n) is 8.42. The average molecular weight is 453 g/mol. The number of ether oxygens (including phenoxy) is 2. The Hall–Kier alpha value is -3.39. The van der Waals surface area contributed by atoms with Crippen LogP contribution in [0.4, 0.5) is 4.79 Å². The SMILES string of the molecule is CCC(NC(=O)OCC1c2ccccc2-c2ccccc21)C(=O)NC1(C(=O)O)CCOCC1. The number of nitrogens with one attached hydrogen (secondary N) is 2. The van der Waals surface area contributed by atoms with Crippen molar-refractivity contribution in [3.8, 4) is 11.1 Å². The van der Waals surface area contributed by atoms with Crippen molar-refractivity contribution in [3.05, 3.63) is 59.7 Å². The minimum absolute atomic E-state index is 0.0884. The molecule has 0 aromatic heterocycles. The van der Waals surface area contributed by atoms with Gasteiger partial charge in [-0.2, -0.15) is 0 Å². The molecule has 1 atom stereocenters. The van der Waals surface area contributed by atoms with Crippen molar-refractivity contribution in [1.82, 2.24) is 10.6 Å². The fourth-order valence-electron chi connectivity index (χ4n) is 4.57. The highest BCUT2D eigenvalue weighted by Crippen LogP contribution is 2.44. The van der Waals surface area contributed by atoms with E-state index in [9.17, 15) is 19.5 Å². The van der Waals surface area contributed by atoms with Crippen LogP contribution < -0.4 is 10.6 Å². The van der Waals surface area contributed by atoms with Gasteiger partial charge in [0, 0.05) is 32.0 Å². The van der Waals surface area contributed by atoms with Crippen molar-refractivity contribution in [2.24, 2.45) is 0 Å². The lowest BCUT2D eigenvalue weighted by Gasteiger charge is -2.35. The third-order valence-electron chi connectivity index (χ3n) is 6.48. The molecule has 1 aliphatic carbocycles. The van der Waals surface area contributed by atoms with Gasteiger partial charge in [-0.15, -0.1) is 0 Å². The van der Waals surface area contributed by atoms with E-state index < -0.39 is 29.6 Å². The normalized spacial score (nSPS) is 17.4. The first-order valence-electron chi connectivity index (χ1n) is 11.2. The van der Waals surface area contributed by atoms with E-state index in [1.165, 1.54) is 0 Å². The second-order valence-corrected chi connectivity index (χ2v) is 8.42. The van der Waals surface area contributed by atoms with Crippen LogP contribution in [0.1, 0.15) is 43.2 Å². The first-order chi connectivity index (χ1) is 15.9. The van der Waals surface area contributed by atoms with Gasteiger partial charge in [0.1, 0.15) is 18.2 Å². The van der Waals surface area contributed by atoms with Crippen LogP contribution in [0.15, 0.2) is 48.5 Å². The molecule has 0 radical (unpaired) electrons. The van der Waals surface area contributed by atoms with Crippen LogP contribution >= 0.6 is 0 Å². The number of alkyl carbamates (subject to hydrolysis) is 1. The van der Waals surface area contributed by atoms with Crippen LogP contribution in [-0.2, 0) is 19.1 Å². The van der Waals surface area contributed by atoms with Crippen LogP contribution in [0.3, 0.4) is 0 Å². The highest BCUT2D eigenvalue weighted by atomic mass is 16.5. The van der Waals surface area contributed by atoms with E-state index in [1.807, 2.05) is 36.4 Å². The van der Waals surface area contributed by atoms with Gasteiger partial charge in [0.15, 0.2) is 0 Å². The molecule has 1 unspecified atom stereocenters. The highest BCUT2D eigenvalue weighted by Gasteiger charge is 2.42. The lowest BCUT2D eigenvalue weighted by molar-refractivity contribution is -0.152. The molecule has 1 heterocycles. The summed E-state index contributed by atoms with van der Waals surface area (Å²) in [5.74, 6) is -1.74. The molecule has 2 aliphatic rings. The molecule has 2 amide bonds. The first-order valence-corrected chi connectivity index (χ1v) is 11.2. The van der Waals surface area contributed by atoms with Gasteiger partial charge in [-0.05, 0) is 28.7 Å². The number of hydrogen-bond donors (Lipinski definition) is 3.